The molecule has 0 fully saturated rings. The molecule has 0 saturated heterocycles. The smallest absolute Gasteiger partial charge is 0.0666 e. The molecule has 3 nitrogen and oxygen atoms in total. The molecule has 0 bridgehead atoms. The fraction of sp³-hybridized carbons (Fsp3) is 0.471. The number of aryl methyl sites for hydroxylation is 2. The number of aromatic nitrogens is 2. The van der Waals surface area contributed by atoms with Gasteiger partial charge < -0.3 is 5.32 Å². The molecule has 0 aliphatic rings. The third-order valence-corrected chi connectivity index (χ3v) is 3.76. The van der Waals surface area contributed by atoms with Crippen molar-refractivity contribution in [1.29, 1.82) is 0 Å². The van der Waals surface area contributed by atoms with E-state index in [0.717, 1.165) is 19.5 Å². The van der Waals surface area contributed by atoms with E-state index in [9.17, 15) is 0 Å². The van der Waals surface area contributed by atoms with Crippen LogP contribution >= 0.6 is 0 Å². The molecule has 0 aliphatic heterocycles. The van der Waals surface area contributed by atoms with Crippen molar-refractivity contribution in [1.82, 2.24) is 15.1 Å². The summed E-state index contributed by atoms with van der Waals surface area (Å²) >= 11 is 0. The van der Waals surface area contributed by atoms with E-state index in [1.165, 1.54) is 16.8 Å². The van der Waals surface area contributed by atoms with Gasteiger partial charge in [-0.05, 0) is 12.0 Å². The van der Waals surface area contributed by atoms with Gasteiger partial charge >= 0.3 is 0 Å². The lowest BCUT2D eigenvalue weighted by Gasteiger charge is -2.25. The zero-order valence-electron chi connectivity index (χ0n) is 13.0. The number of rotatable bonds is 6. The second-order valence-electron chi connectivity index (χ2n) is 5.98. The molecule has 108 valence electrons. The molecular weight excluding hydrogens is 246 g/mol. The molecule has 1 N–H and O–H groups in total. The van der Waals surface area contributed by atoms with Crippen molar-refractivity contribution in [3.8, 4) is 0 Å². The van der Waals surface area contributed by atoms with Gasteiger partial charge in [0, 0.05) is 37.3 Å². The highest BCUT2D eigenvalue weighted by atomic mass is 15.3. The Morgan fingerprint density at radius 2 is 1.90 bits per heavy atom. The first-order valence-electron chi connectivity index (χ1n) is 7.30. The average molecular weight is 271 g/mol. The predicted octanol–water partition coefficient (Wildman–Crippen LogP) is 3.05. The minimum absolute atomic E-state index is 0.135. The largest absolute Gasteiger partial charge is 0.312 e. The van der Waals surface area contributed by atoms with Crippen molar-refractivity contribution < 1.29 is 0 Å². The minimum Gasteiger partial charge on any atom is -0.312 e. The lowest BCUT2D eigenvalue weighted by molar-refractivity contribution is 0.468. The van der Waals surface area contributed by atoms with E-state index < -0.39 is 0 Å². The molecule has 20 heavy (non-hydrogen) atoms. The predicted molar refractivity (Wildman–Crippen MR) is 83.8 cm³/mol. The Labute approximate surface area is 122 Å². The summed E-state index contributed by atoms with van der Waals surface area (Å²) in [5.74, 6) is 0. The standard InChI is InChI=1S/C17H25N3/c1-5-16-14(12-20(4)19-16)11-18-13-17(2,3)15-9-7-6-8-10-15/h6-10,12,18H,5,11,13H2,1-4H3. The zero-order valence-corrected chi connectivity index (χ0v) is 13.0. The average Bonchev–Trinajstić information content (AvgIpc) is 2.80. The topological polar surface area (TPSA) is 29.9 Å². The van der Waals surface area contributed by atoms with Gasteiger partial charge in [-0.1, -0.05) is 51.1 Å². The molecule has 0 spiro atoms. The van der Waals surface area contributed by atoms with E-state index in [0.29, 0.717) is 0 Å². The lowest BCUT2D eigenvalue weighted by Crippen LogP contribution is -2.32. The first-order valence-corrected chi connectivity index (χ1v) is 7.30. The summed E-state index contributed by atoms with van der Waals surface area (Å²) in [5.41, 5.74) is 4.00. The van der Waals surface area contributed by atoms with Gasteiger partial charge in [-0.2, -0.15) is 5.10 Å². The van der Waals surface area contributed by atoms with Crippen LogP contribution in [0.2, 0.25) is 0 Å². The molecule has 0 aliphatic carbocycles. The Hall–Kier alpha value is -1.61. The van der Waals surface area contributed by atoms with E-state index in [4.69, 9.17) is 0 Å². The first kappa shape index (κ1) is 14.8. The lowest BCUT2D eigenvalue weighted by atomic mass is 9.84. The number of nitrogens with one attached hydrogen (secondary N) is 1. The molecule has 1 aromatic carbocycles. The molecule has 1 heterocycles. The van der Waals surface area contributed by atoms with Crippen LogP contribution in [0.15, 0.2) is 36.5 Å². The van der Waals surface area contributed by atoms with Crippen molar-refractivity contribution in [3.05, 3.63) is 53.3 Å². The Morgan fingerprint density at radius 1 is 1.20 bits per heavy atom. The number of hydrogen-bond donors (Lipinski definition) is 1. The Balaban J connectivity index is 1.95. The second-order valence-corrected chi connectivity index (χ2v) is 5.98. The Morgan fingerprint density at radius 3 is 2.55 bits per heavy atom. The highest BCUT2D eigenvalue weighted by Crippen LogP contribution is 2.21. The Bertz CT molecular complexity index is 541. The maximum atomic E-state index is 4.48. The highest BCUT2D eigenvalue weighted by Gasteiger charge is 2.19. The summed E-state index contributed by atoms with van der Waals surface area (Å²) in [5, 5.41) is 8.05. The normalized spacial score (nSPS) is 11.8. The molecule has 3 heteroatoms. The second kappa shape index (κ2) is 6.23. The van der Waals surface area contributed by atoms with E-state index >= 15 is 0 Å². The zero-order chi connectivity index (χ0) is 14.6. The monoisotopic (exact) mass is 271 g/mol. The van der Waals surface area contributed by atoms with Crippen LogP contribution in [-0.2, 0) is 25.4 Å². The SMILES string of the molecule is CCc1nn(C)cc1CNCC(C)(C)c1ccccc1. The van der Waals surface area contributed by atoms with Gasteiger partial charge in [0.15, 0.2) is 0 Å². The first-order chi connectivity index (χ1) is 9.53. The van der Waals surface area contributed by atoms with E-state index in [1.54, 1.807) is 0 Å². The van der Waals surface area contributed by atoms with Gasteiger partial charge in [-0.25, -0.2) is 0 Å². The maximum absolute atomic E-state index is 4.48. The van der Waals surface area contributed by atoms with Crippen LogP contribution in [0.1, 0.15) is 37.6 Å². The van der Waals surface area contributed by atoms with Crippen molar-refractivity contribution in [2.24, 2.45) is 7.05 Å². The third-order valence-electron chi connectivity index (χ3n) is 3.76. The third kappa shape index (κ3) is 3.48. The minimum atomic E-state index is 0.135. The van der Waals surface area contributed by atoms with Crippen LogP contribution in [0.25, 0.3) is 0 Å². The van der Waals surface area contributed by atoms with Crippen LogP contribution in [0, 0.1) is 0 Å². The van der Waals surface area contributed by atoms with Crippen LogP contribution in [0.3, 0.4) is 0 Å². The van der Waals surface area contributed by atoms with Crippen LogP contribution in [0.5, 0.6) is 0 Å². The van der Waals surface area contributed by atoms with Crippen molar-refractivity contribution in [2.45, 2.75) is 39.2 Å². The van der Waals surface area contributed by atoms with E-state index in [2.05, 4.69) is 67.7 Å². The fourth-order valence-electron chi connectivity index (χ4n) is 2.53. The molecule has 0 atom stereocenters. The van der Waals surface area contributed by atoms with E-state index in [1.807, 2.05) is 11.7 Å². The molecule has 0 unspecified atom stereocenters. The quantitative estimate of drug-likeness (QED) is 0.875. The van der Waals surface area contributed by atoms with Crippen LogP contribution < -0.4 is 5.32 Å². The summed E-state index contributed by atoms with van der Waals surface area (Å²) in [6.45, 7) is 8.54. The number of benzene rings is 1. The summed E-state index contributed by atoms with van der Waals surface area (Å²) in [4.78, 5) is 0. The van der Waals surface area contributed by atoms with Gasteiger partial charge in [0.1, 0.15) is 0 Å². The van der Waals surface area contributed by atoms with Gasteiger partial charge in [0.25, 0.3) is 0 Å². The van der Waals surface area contributed by atoms with Crippen molar-refractivity contribution >= 4 is 0 Å². The van der Waals surface area contributed by atoms with Crippen LogP contribution in [-0.4, -0.2) is 16.3 Å². The summed E-state index contributed by atoms with van der Waals surface area (Å²) in [6.07, 6.45) is 3.10. The Kier molecular flexibility index (Phi) is 4.61. The molecule has 0 amide bonds. The molecule has 2 rings (SSSR count). The molecule has 2 aromatic rings. The van der Waals surface area contributed by atoms with Crippen molar-refractivity contribution in [3.63, 3.8) is 0 Å². The molecule has 0 saturated carbocycles. The number of hydrogen-bond acceptors (Lipinski definition) is 2. The molecule has 1 aromatic heterocycles. The molecule has 0 radical (unpaired) electrons. The number of nitrogens with zero attached hydrogens (tertiary/aromatic N) is 2. The maximum Gasteiger partial charge on any atom is 0.0666 e. The van der Waals surface area contributed by atoms with Crippen molar-refractivity contribution in [2.75, 3.05) is 6.54 Å². The van der Waals surface area contributed by atoms with Gasteiger partial charge in [-0.15, -0.1) is 0 Å². The highest BCUT2D eigenvalue weighted by molar-refractivity contribution is 5.24. The van der Waals surface area contributed by atoms with Gasteiger partial charge in [0.2, 0.25) is 0 Å². The molecular formula is C17H25N3. The fourth-order valence-corrected chi connectivity index (χ4v) is 2.53. The summed E-state index contributed by atoms with van der Waals surface area (Å²) < 4.78 is 1.90. The summed E-state index contributed by atoms with van der Waals surface area (Å²) in [6, 6.07) is 10.7. The van der Waals surface area contributed by atoms with E-state index in [-0.39, 0.29) is 5.41 Å². The van der Waals surface area contributed by atoms with Crippen LogP contribution in [0.4, 0.5) is 0 Å². The van der Waals surface area contributed by atoms with Gasteiger partial charge in [0.05, 0.1) is 5.69 Å². The summed E-state index contributed by atoms with van der Waals surface area (Å²) in [7, 11) is 1.98. The van der Waals surface area contributed by atoms with Gasteiger partial charge in [-0.3, -0.25) is 4.68 Å².